The third-order valence-electron chi connectivity index (χ3n) is 3.83. The third-order valence-corrected chi connectivity index (χ3v) is 3.83. The second-order valence-corrected chi connectivity index (χ2v) is 5.57. The number of amides is 2. The van der Waals surface area contributed by atoms with E-state index in [-0.39, 0.29) is 5.56 Å². The van der Waals surface area contributed by atoms with E-state index in [1.54, 1.807) is 25.6 Å². The van der Waals surface area contributed by atoms with Crippen LogP contribution in [-0.2, 0) is 13.2 Å². The summed E-state index contributed by atoms with van der Waals surface area (Å²) >= 11 is 0. The van der Waals surface area contributed by atoms with Gasteiger partial charge >= 0.3 is 12.2 Å². The monoisotopic (exact) mass is 340 g/mol. The van der Waals surface area contributed by atoms with Gasteiger partial charge in [-0.3, -0.25) is 4.68 Å². The number of alkyl halides is 3. The van der Waals surface area contributed by atoms with Crippen LogP contribution in [0.15, 0.2) is 24.3 Å². The molecule has 24 heavy (non-hydrogen) atoms. The molecule has 2 aromatic rings. The van der Waals surface area contributed by atoms with E-state index in [0.29, 0.717) is 11.4 Å². The minimum atomic E-state index is -4.47. The maximum Gasteiger partial charge on any atom is 0.416 e. The fourth-order valence-corrected chi connectivity index (χ4v) is 2.51. The van der Waals surface area contributed by atoms with Crippen molar-refractivity contribution in [2.24, 2.45) is 7.05 Å². The summed E-state index contributed by atoms with van der Waals surface area (Å²) in [5, 5.41) is 9.35. The van der Waals surface area contributed by atoms with Crippen molar-refractivity contribution in [3.63, 3.8) is 0 Å². The van der Waals surface area contributed by atoms with Crippen LogP contribution < -0.4 is 10.6 Å². The smallest absolute Gasteiger partial charge is 0.331 e. The van der Waals surface area contributed by atoms with Crippen LogP contribution in [0, 0.1) is 13.8 Å². The molecule has 2 amide bonds. The van der Waals surface area contributed by atoms with E-state index in [1.165, 1.54) is 25.1 Å². The van der Waals surface area contributed by atoms with Gasteiger partial charge in [-0.1, -0.05) is 18.2 Å². The molecule has 2 N–H and O–H groups in total. The molecule has 1 aromatic heterocycles. The van der Waals surface area contributed by atoms with Crippen LogP contribution in [0.2, 0.25) is 0 Å². The van der Waals surface area contributed by atoms with Gasteiger partial charge in [-0.2, -0.15) is 18.3 Å². The number of nitrogens with zero attached hydrogens (tertiary/aromatic N) is 2. The number of hydrogen-bond acceptors (Lipinski definition) is 2. The number of aryl methyl sites for hydroxylation is 2. The number of nitrogens with one attached hydrogen (secondary N) is 2. The first-order valence-electron chi connectivity index (χ1n) is 7.35. The van der Waals surface area contributed by atoms with Crippen LogP contribution in [0.1, 0.15) is 35.5 Å². The Hall–Kier alpha value is -2.51. The lowest BCUT2D eigenvalue weighted by atomic mass is 10.0. The normalized spacial score (nSPS) is 12.8. The Bertz CT molecular complexity index is 752. The van der Waals surface area contributed by atoms with Crippen LogP contribution in [0.3, 0.4) is 0 Å². The molecule has 1 unspecified atom stereocenters. The molecule has 0 saturated carbocycles. The molecular formula is C16H19F3N4O. The van der Waals surface area contributed by atoms with Crippen molar-refractivity contribution in [1.82, 2.24) is 15.1 Å². The maximum absolute atomic E-state index is 13.1. The van der Waals surface area contributed by atoms with Crippen LogP contribution in [0.25, 0.3) is 0 Å². The third kappa shape index (κ3) is 3.69. The number of benzene rings is 1. The molecule has 0 aliphatic rings. The summed E-state index contributed by atoms with van der Waals surface area (Å²) in [5.41, 5.74) is 1.19. The highest BCUT2D eigenvalue weighted by Crippen LogP contribution is 2.34. The largest absolute Gasteiger partial charge is 0.416 e. The number of aromatic nitrogens is 2. The first-order chi connectivity index (χ1) is 11.1. The highest BCUT2D eigenvalue weighted by atomic mass is 19.4. The van der Waals surface area contributed by atoms with Crippen molar-refractivity contribution in [3.05, 3.63) is 46.8 Å². The minimum absolute atomic E-state index is 0.0137. The van der Waals surface area contributed by atoms with Gasteiger partial charge in [0.25, 0.3) is 0 Å². The van der Waals surface area contributed by atoms with Gasteiger partial charge in [-0.25, -0.2) is 4.79 Å². The first kappa shape index (κ1) is 17.8. The van der Waals surface area contributed by atoms with Crippen molar-refractivity contribution in [2.45, 2.75) is 33.0 Å². The van der Waals surface area contributed by atoms with Crippen LogP contribution in [0.4, 0.5) is 23.7 Å². The summed E-state index contributed by atoms with van der Waals surface area (Å²) < 4.78 is 40.8. The van der Waals surface area contributed by atoms with Gasteiger partial charge in [-0.15, -0.1) is 0 Å². The SMILES string of the molecule is Cc1nn(C)c(C)c1NC(=O)NC(C)c1ccccc1C(F)(F)F. The average Bonchev–Trinajstić information content (AvgIpc) is 2.73. The van der Waals surface area contributed by atoms with Gasteiger partial charge in [0.05, 0.1) is 28.7 Å². The molecule has 2 rings (SSSR count). The van der Waals surface area contributed by atoms with E-state index in [4.69, 9.17) is 0 Å². The second-order valence-electron chi connectivity index (χ2n) is 5.57. The van der Waals surface area contributed by atoms with Gasteiger partial charge in [0.2, 0.25) is 0 Å². The molecule has 0 saturated heterocycles. The predicted octanol–water partition coefficient (Wildman–Crippen LogP) is 3.94. The topological polar surface area (TPSA) is 59.0 Å². The van der Waals surface area contributed by atoms with Gasteiger partial charge in [0.15, 0.2) is 0 Å². The summed E-state index contributed by atoms with van der Waals surface area (Å²) in [5.74, 6) is 0. The Labute approximate surface area is 137 Å². The van der Waals surface area contributed by atoms with Gasteiger partial charge < -0.3 is 10.6 Å². The number of carbonyl (C=O) groups excluding carboxylic acids is 1. The zero-order chi connectivity index (χ0) is 18.1. The Morgan fingerprint density at radius 3 is 2.42 bits per heavy atom. The highest BCUT2D eigenvalue weighted by molar-refractivity contribution is 5.90. The standard InChI is InChI=1S/C16H19F3N4O/c1-9(12-7-5-6-8-13(12)16(17,18)19)20-15(24)21-14-10(2)22-23(4)11(14)3/h5-9H,1-4H3,(H2,20,21,24). The number of urea groups is 1. The summed E-state index contributed by atoms with van der Waals surface area (Å²) in [6.45, 7) is 5.04. The molecule has 0 bridgehead atoms. The van der Waals surface area contributed by atoms with Crippen molar-refractivity contribution in [1.29, 1.82) is 0 Å². The van der Waals surface area contributed by atoms with Gasteiger partial charge in [0, 0.05) is 7.05 Å². The van der Waals surface area contributed by atoms with Crippen molar-refractivity contribution in [3.8, 4) is 0 Å². The fourth-order valence-electron chi connectivity index (χ4n) is 2.51. The molecule has 130 valence electrons. The number of rotatable bonds is 3. The summed E-state index contributed by atoms with van der Waals surface area (Å²) in [6.07, 6.45) is -4.47. The summed E-state index contributed by atoms with van der Waals surface area (Å²) in [7, 11) is 1.74. The number of carbonyl (C=O) groups is 1. The van der Waals surface area contributed by atoms with E-state index in [2.05, 4.69) is 15.7 Å². The molecule has 8 heteroatoms. The highest BCUT2D eigenvalue weighted by Gasteiger charge is 2.34. The fraction of sp³-hybridized carbons (Fsp3) is 0.375. The van der Waals surface area contributed by atoms with Crippen LogP contribution in [0.5, 0.6) is 0 Å². The summed E-state index contributed by atoms with van der Waals surface area (Å²) in [4.78, 5) is 12.1. The molecule has 0 fully saturated rings. The van der Waals surface area contributed by atoms with E-state index in [0.717, 1.165) is 11.8 Å². The van der Waals surface area contributed by atoms with Crippen molar-refractivity contribution >= 4 is 11.7 Å². The minimum Gasteiger partial charge on any atom is -0.331 e. The molecule has 1 atom stereocenters. The maximum atomic E-state index is 13.1. The van der Waals surface area contributed by atoms with Crippen molar-refractivity contribution in [2.75, 3.05) is 5.32 Å². The number of halogens is 3. The molecule has 1 aromatic carbocycles. The van der Waals surface area contributed by atoms with E-state index in [9.17, 15) is 18.0 Å². The Morgan fingerprint density at radius 2 is 1.88 bits per heavy atom. The molecule has 0 aliphatic carbocycles. The lowest BCUT2D eigenvalue weighted by molar-refractivity contribution is -0.138. The Morgan fingerprint density at radius 1 is 1.25 bits per heavy atom. The molecule has 5 nitrogen and oxygen atoms in total. The van der Waals surface area contributed by atoms with E-state index < -0.39 is 23.8 Å². The lowest BCUT2D eigenvalue weighted by Gasteiger charge is -2.19. The van der Waals surface area contributed by atoms with Crippen LogP contribution >= 0.6 is 0 Å². The van der Waals surface area contributed by atoms with E-state index in [1.807, 2.05) is 0 Å². The number of hydrogen-bond donors (Lipinski definition) is 2. The molecule has 0 radical (unpaired) electrons. The number of anilines is 1. The van der Waals surface area contributed by atoms with Gasteiger partial charge in [0.1, 0.15) is 0 Å². The van der Waals surface area contributed by atoms with E-state index >= 15 is 0 Å². The Kier molecular flexibility index (Phi) is 4.86. The Balaban J connectivity index is 2.16. The zero-order valence-electron chi connectivity index (χ0n) is 13.8. The quantitative estimate of drug-likeness (QED) is 0.889. The average molecular weight is 340 g/mol. The predicted molar refractivity (Wildman–Crippen MR) is 84.7 cm³/mol. The van der Waals surface area contributed by atoms with Crippen molar-refractivity contribution < 1.29 is 18.0 Å². The molecular weight excluding hydrogens is 321 g/mol. The molecule has 1 heterocycles. The lowest BCUT2D eigenvalue weighted by Crippen LogP contribution is -2.32. The zero-order valence-corrected chi connectivity index (χ0v) is 13.8. The van der Waals surface area contributed by atoms with Crippen LogP contribution in [-0.4, -0.2) is 15.8 Å². The first-order valence-corrected chi connectivity index (χ1v) is 7.35. The van der Waals surface area contributed by atoms with Gasteiger partial charge in [-0.05, 0) is 32.4 Å². The summed E-state index contributed by atoms with van der Waals surface area (Å²) in [6, 6.07) is 3.80. The molecule has 0 spiro atoms. The second kappa shape index (κ2) is 6.54. The molecule has 0 aliphatic heterocycles.